The van der Waals surface area contributed by atoms with Crippen molar-refractivity contribution < 1.29 is 17.9 Å². The molecule has 1 aromatic carbocycles. The molecule has 0 radical (unpaired) electrons. The minimum Gasteiger partial charge on any atom is -0.493 e. The van der Waals surface area contributed by atoms with Gasteiger partial charge in [-0.1, -0.05) is 29.8 Å². The quantitative estimate of drug-likeness (QED) is 0.898. The Morgan fingerprint density at radius 2 is 2.08 bits per heavy atom. The number of hydrogen-bond donors (Lipinski definition) is 1. The van der Waals surface area contributed by atoms with E-state index in [9.17, 15) is 13.2 Å². The maximum Gasteiger partial charge on any atom is 0.281 e. The molecule has 0 fully saturated rings. The van der Waals surface area contributed by atoms with Gasteiger partial charge < -0.3 is 4.74 Å². The van der Waals surface area contributed by atoms with Crippen molar-refractivity contribution in [1.29, 1.82) is 0 Å². The van der Waals surface area contributed by atoms with E-state index in [0.717, 1.165) is 11.3 Å². The maximum atomic E-state index is 12.2. The smallest absolute Gasteiger partial charge is 0.281 e. The Morgan fingerprint density at radius 3 is 2.83 bits per heavy atom. The average molecular weight is 367 g/mol. The largest absolute Gasteiger partial charge is 0.493 e. The highest BCUT2D eigenvalue weighted by Gasteiger charge is 2.26. The van der Waals surface area contributed by atoms with E-state index in [1.54, 1.807) is 0 Å². The normalized spacial score (nSPS) is 16.8. The number of hydrogen-bond acceptors (Lipinski definition) is 5. The van der Waals surface area contributed by atoms with Crippen molar-refractivity contribution >= 4 is 27.5 Å². The number of fused-ring (bicyclic) bond motifs is 1. The van der Waals surface area contributed by atoms with Crippen molar-refractivity contribution in [2.75, 3.05) is 6.61 Å². The van der Waals surface area contributed by atoms with Crippen LogP contribution in [0.3, 0.4) is 0 Å². The van der Waals surface area contributed by atoms with E-state index in [1.807, 2.05) is 24.3 Å². The van der Waals surface area contributed by atoms with Crippen LogP contribution >= 0.6 is 11.6 Å². The lowest BCUT2D eigenvalue weighted by Crippen LogP contribution is -2.32. The zero-order valence-corrected chi connectivity index (χ0v) is 14.2. The highest BCUT2D eigenvalue weighted by molar-refractivity contribution is 7.90. The molecule has 1 atom stereocenters. The average Bonchev–Trinajstić information content (AvgIpc) is 2.55. The predicted octanol–water partition coefficient (Wildman–Crippen LogP) is 2.50. The topological polar surface area (TPSA) is 85.4 Å². The summed E-state index contributed by atoms with van der Waals surface area (Å²) in [6.45, 7) is 0.500. The summed E-state index contributed by atoms with van der Waals surface area (Å²) in [6, 6.07) is 10.1. The van der Waals surface area contributed by atoms with Crippen molar-refractivity contribution in [3.05, 3.63) is 53.2 Å². The number of nitrogens with one attached hydrogen (secondary N) is 1. The number of para-hydroxylation sites is 1. The number of amides is 1. The number of benzene rings is 1. The van der Waals surface area contributed by atoms with E-state index in [2.05, 4.69) is 9.71 Å². The Balaban J connectivity index is 1.71. The third kappa shape index (κ3) is 3.68. The van der Waals surface area contributed by atoms with Gasteiger partial charge in [-0.25, -0.2) is 9.71 Å². The van der Waals surface area contributed by atoms with Crippen LogP contribution < -0.4 is 9.46 Å². The molecule has 1 N–H and O–H groups in total. The first-order valence-electron chi connectivity index (χ1n) is 7.34. The lowest BCUT2D eigenvalue weighted by atomic mass is 9.90. The van der Waals surface area contributed by atoms with E-state index >= 15 is 0 Å². The van der Waals surface area contributed by atoms with Gasteiger partial charge in [0.15, 0.2) is 5.03 Å². The van der Waals surface area contributed by atoms with Crippen LogP contribution in [0.25, 0.3) is 0 Å². The fraction of sp³-hybridized carbons (Fsp3) is 0.250. The Hall–Kier alpha value is -2.12. The van der Waals surface area contributed by atoms with Gasteiger partial charge in [-0.3, -0.25) is 4.79 Å². The minimum absolute atomic E-state index is 0.0627. The van der Waals surface area contributed by atoms with Crippen molar-refractivity contribution in [2.45, 2.75) is 23.8 Å². The van der Waals surface area contributed by atoms with Crippen LogP contribution in [0.1, 0.15) is 24.3 Å². The monoisotopic (exact) mass is 366 g/mol. The molecule has 2 aromatic rings. The van der Waals surface area contributed by atoms with Crippen molar-refractivity contribution in [3.63, 3.8) is 0 Å². The standard InChI is InChI=1S/C16H15ClN2O4S/c17-12-5-6-16(18-10-12)24(21,22)19-15(20)9-11-7-8-23-14-4-2-1-3-13(11)14/h1-6,10-11H,7-9H2,(H,19,20). The number of nitrogens with zero attached hydrogens (tertiary/aromatic N) is 1. The molecule has 1 aliphatic rings. The van der Waals surface area contributed by atoms with E-state index in [1.165, 1.54) is 18.3 Å². The summed E-state index contributed by atoms with van der Waals surface area (Å²) in [7, 11) is -4.00. The van der Waals surface area contributed by atoms with Gasteiger partial charge in [0, 0.05) is 12.6 Å². The number of sulfonamides is 1. The molecule has 1 aliphatic heterocycles. The fourth-order valence-electron chi connectivity index (χ4n) is 2.62. The maximum absolute atomic E-state index is 12.2. The Labute approximate surface area is 144 Å². The lowest BCUT2D eigenvalue weighted by molar-refractivity contribution is -0.119. The summed E-state index contributed by atoms with van der Waals surface area (Å²) >= 11 is 5.69. The second-order valence-electron chi connectivity index (χ2n) is 5.42. The van der Waals surface area contributed by atoms with Crippen LogP contribution in [0.5, 0.6) is 5.75 Å². The highest BCUT2D eigenvalue weighted by Crippen LogP contribution is 2.35. The molecule has 126 valence electrons. The van der Waals surface area contributed by atoms with Crippen LogP contribution in [-0.2, 0) is 14.8 Å². The van der Waals surface area contributed by atoms with E-state index < -0.39 is 15.9 Å². The third-order valence-corrected chi connectivity index (χ3v) is 5.25. The second-order valence-corrected chi connectivity index (χ2v) is 7.49. The molecule has 0 saturated carbocycles. The Kier molecular flexibility index (Phi) is 4.73. The number of carbonyl (C=O) groups is 1. The number of aromatic nitrogens is 1. The van der Waals surface area contributed by atoms with Gasteiger partial charge >= 0.3 is 0 Å². The fourth-order valence-corrected chi connectivity index (χ4v) is 3.65. The molecule has 0 saturated heterocycles. The van der Waals surface area contributed by atoms with E-state index in [-0.39, 0.29) is 17.4 Å². The molecular formula is C16H15ClN2O4S. The molecular weight excluding hydrogens is 352 g/mol. The zero-order chi connectivity index (χ0) is 17.2. The zero-order valence-electron chi connectivity index (χ0n) is 12.6. The van der Waals surface area contributed by atoms with Crippen LogP contribution in [0.2, 0.25) is 5.02 Å². The van der Waals surface area contributed by atoms with Gasteiger partial charge in [0.1, 0.15) is 5.75 Å². The summed E-state index contributed by atoms with van der Waals surface area (Å²) in [5, 5.41) is 0.0757. The molecule has 24 heavy (non-hydrogen) atoms. The van der Waals surface area contributed by atoms with Gasteiger partial charge in [0.25, 0.3) is 10.0 Å². The lowest BCUT2D eigenvalue weighted by Gasteiger charge is -2.25. The summed E-state index contributed by atoms with van der Waals surface area (Å²) in [5.41, 5.74) is 0.918. The van der Waals surface area contributed by atoms with Gasteiger partial charge in [-0.05, 0) is 36.1 Å². The van der Waals surface area contributed by atoms with Crippen LogP contribution in [0, 0.1) is 0 Å². The van der Waals surface area contributed by atoms with Gasteiger partial charge in [0.05, 0.1) is 11.6 Å². The number of ether oxygens (including phenoxy) is 1. The molecule has 6 nitrogen and oxygen atoms in total. The summed E-state index contributed by atoms with van der Waals surface area (Å²) < 4.78 is 32.0. The molecule has 0 aliphatic carbocycles. The van der Waals surface area contributed by atoms with Crippen molar-refractivity contribution in [1.82, 2.24) is 9.71 Å². The summed E-state index contributed by atoms with van der Waals surface area (Å²) in [5.74, 6) is 0.0838. The first kappa shape index (κ1) is 16.7. The molecule has 1 amide bonds. The van der Waals surface area contributed by atoms with Crippen LogP contribution in [-0.4, -0.2) is 25.9 Å². The highest BCUT2D eigenvalue weighted by atomic mass is 35.5. The first-order chi connectivity index (χ1) is 11.5. The molecule has 2 heterocycles. The molecule has 1 unspecified atom stereocenters. The number of rotatable bonds is 4. The van der Waals surface area contributed by atoms with E-state index in [0.29, 0.717) is 18.1 Å². The SMILES string of the molecule is O=C(CC1CCOc2ccccc21)NS(=O)(=O)c1ccc(Cl)cn1. The van der Waals surface area contributed by atoms with Crippen molar-refractivity contribution in [2.24, 2.45) is 0 Å². The van der Waals surface area contributed by atoms with E-state index in [4.69, 9.17) is 16.3 Å². The Morgan fingerprint density at radius 1 is 1.29 bits per heavy atom. The van der Waals surface area contributed by atoms with Crippen LogP contribution in [0.4, 0.5) is 0 Å². The minimum atomic E-state index is -4.00. The summed E-state index contributed by atoms with van der Waals surface area (Å²) in [4.78, 5) is 15.9. The number of pyridine rings is 1. The predicted molar refractivity (Wildman–Crippen MR) is 88.5 cm³/mol. The Bertz CT molecular complexity index is 853. The molecule has 0 spiro atoms. The molecule has 8 heteroatoms. The molecule has 3 rings (SSSR count). The van der Waals surface area contributed by atoms with Crippen molar-refractivity contribution in [3.8, 4) is 5.75 Å². The third-order valence-electron chi connectivity index (χ3n) is 3.74. The van der Waals surface area contributed by atoms with Gasteiger partial charge in [0.2, 0.25) is 5.91 Å². The van der Waals surface area contributed by atoms with Gasteiger partial charge in [-0.15, -0.1) is 0 Å². The number of carbonyl (C=O) groups excluding carboxylic acids is 1. The second kappa shape index (κ2) is 6.78. The van der Waals surface area contributed by atoms with Gasteiger partial charge in [-0.2, -0.15) is 8.42 Å². The molecule has 1 aromatic heterocycles. The first-order valence-corrected chi connectivity index (χ1v) is 9.21. The summed E-state index contributed by atoms with van der Waals surface area (Å²) in [6.07, 6.45) is 1.94. The molecule has 0 bridgehead atoms. The van der Waals surface area contributed by atoms with Crippen LogP contribution in [0.15, 0.2) is 47.6 Å². The number of halogens is 1.